The summed E-state index contributed by atoms with van der Waals surface area (Å²) in [4.78, 5) is 24.5. The predicted octanol–water partition coefficient (Wildman–Crippen LogP) is 3.08. The molecule has 0 atom stereocenters. The lowest BCUT2D eigenvalue weighted by Gasteiger charge is -2.09. The van der Waals surface area contributed by atoms with E-state index in [-0.39, 0.29) is 39.2 Å². The monoisotopic (exact) mass is 533 g/mol. The van der Waals surface area contributed by atoms with Gasteiger partial charge in [-0.05, 0) is 24.3 Å². The lowest BCUT2D eigenvalue weighted by molar-refractivity contribution is -0.141. The maximum atomic E-state index is 14.2. The Morgan fingerprint density at radius 1 is 1.03 bits per heavy atom. The largest absolute Gasteiger partial charge is 0.433 e. The number of rotatable bonds is 5. The molecule has 37 heavy (non-hydrogen) atoms. The predicted molar refractivity (Wildman–Crippen MR) is 122 cm³/mol. The van der Waals surface area contributed by atoms with Crippen molar-refractivity contribution in [3.63, 3.8) is 0 Å². The number of aromatic nitrogens is 7. The molecule has 0 saturated heterocycles. The summed E-state index contributed by atoms with van der Waals surface area (Å²) >= 11 is 0. The molecular weight excluding hydrogens is 518 g/mol. The Hall–Kier alpha value is -4.40. The van der Waals surface area contributed by atoms with Gasteiger partial charge in [-0.2, -0.15) is 23.0 Å². The normalized spacial score (nSPS) is 12.4. The standard InChI is InChI=1S/C22H15F4N7O3S/c1-2-37(35,36)16-7-8-18(32-12-28-33(21(32)34)15-6-4-3-5-13(15)23)30-20(16)14-10-31-11-27-17(22(24,25)26)9-19(31)29-14/h3-12H,2H2,1H3. The Morgan fingerprint density at radius 2 is 1.78 bits per heavy atom. The van der Waals surface area contributed by atoms with Gasteiger partial charge in [-0.3, -0.25) is 4.40 Å². The first-order valence-corrected chi connectivity index (χ1v) is 12.2. The van der Waals surface area contributed by atoms with E-state index in [1.165, 1.54) is 47.9 Å². The molecule has 5 rings (SSSR count). The van der Waals surface area contributed by atoms with Gasteiger partial charge in [-0.25, -0.2) is 37.1 Å². The highest BCUT2D eigenvalue weighted by molar-refractivity contribution is 7.91. The SMILES string of the molecule is CCS(=O)(=O)c1ccc(-n2cnn(-c3ccccc3F)c2=O)nc1-c1cn2cnc(C(F)(F)F)cc2n1. The molecule has 0 radical (unpaired) electrons. The number of benzene rings is 1. The van der Waals surface area contributed by atoms with E-state index in [1.807, 2.05) is 0 Å². The topological polar surface area (TPSA) is 117 Å². The van der Waals surface area contributed by atoms with E-state index in [0.29, 0.717) is 6.07 Å². The summed E-state index contributed by atoms with van der Waals surface area (Å²) in [6, 6.07) is 8.67. The highest BCUT2D eigenvalue weighted by atomic mass is 32.2. The molecule has 1 aromatic carbocycles. The summed E-state index contributed by atoms with van der Waals surface area (Å²) in [5.74, 6) is -1.05. The maximum Gasteiger partial charge on any atom is 0.433 e. The van der Waals surface area contributed by atoms with Gasteiger partial charge >= 0.3 is 11.9 Å². The van der Waals surface area contributed by atoms with Crippen LogP contribution in [0.1, 0.15) is 12.6 Å². The molecule has 10 nitrogen and oxygen atoms in total. The molecule has 0 spiro atoms. The molecule has 0 amide bonds. The summed E-state index contributed by atoms with van der Waals surface area (Å²) in [5.41, 5.74) is -2.47. The lowest BCUT2D eigenvalue weighted by atomic mass is 10.3. The number of imidazole rings is 1. The minimum atomic E-state index is -4.71. The molecule has 0 N–H and O–H groups in total. The van der Waals surface area contributed by atoms with Crippen molar-refractivity contribution >= 4 is 15.5 Å². The van der Waals surface area contributed by atoms with Crippen LogP contribution in [0, 0.1) is 5.82 Å². The molecule has 0 aliphatic rings. The first-order valence-electron chi connectivity index (χ1n) is 10.6. The third-order valence-electron chi connectivity index (χ3n) is 5.44. The van der Waals surface area contributed by atoms with Gasteiger partial charge in [-0.15, -0.1) is 0 Å². The Labute approximate surface area is 205 Å². The van der Waals surface area contributed by atoms with Crippen molar-refractivity contribution in [2.24, 2.45) is 0 Å². The number of pyridine rings is 1. The maximum absolute atomic E-state index is 14.2. The van der Waals surface area contributed by atoms with Crippen molar-refractivity contribution in [2.45, 2.75) is 18.0 Å². The number of para-hydroxylation sites is 1. The van der Waals surface area contributed by atoms with Crippen LogP contribution in [0.4, 0.5) is 17.6 Å². The molecule has 0 saturated carbocycles. The first kappa shape index (κ1) is 24.3. The van der Waals surface area contributed by atoms with Gasteiger partial charge in [0.1, 0.15) is 52.7 Å². The molecule has 4 heterocycles. The van der Waals surface area contributed by atoms with Gasteiger partial charge in [0, 0.05) is 12.3 Å². The molecule has 4 aromatic heterocycles. The molecule has 0 unspecified atom stereocenters. The Kier molecular flexibility index (Phi) is 5.66. The molecule has 15 heteroatoms. The minimum absolute atomic E-state index is 0.0652. The van der Waals surface area contributed by atoms with Gasteiger partial charge in [0.05, 0.1) is 10.6 Å². The Bertz CT molecular complexity index is 1820. The smallest absolute Gasteiger partial charge is 0.290 e. The van der Waals surface area contributed by atoms with Crippen LogP contribution in [0.3, 0.4) is 0 Å². The molecule has 0 aliphatic heterocycles. The van der Waals surface area contributed by atoms with E-state index < -0.39 is 33.2 Å². The van der Waals surface area contributed by atoms with Crippen molar-refractivity contribution < 1.29 is 26.0 Å². The van der Waals surface area contributed by atoms with Crippen LogP contribution in [0.15, 0.2) is 71.0 Å². The van der Waals surface area contributed by atoms with E-state index in [4.69, 9.17) is 0 Å². The Morgan fingerprint density at radius 3 is 2.49 bits per heavy atom. The summed E-state index contributed by atoms with van der Waals surface area (Å²) in [7, 11) is -3.86. The minimum Gasteiger partial charge on any atom is -0.290 e. The zero-order chi connectivity index (χ0) is 26.5. The highest BCUT2D eigenvalue weighted by Crippen LogP contribution is 2.30. The average molecular weight is 533 g/mol. The fourth-order valence-electron chi connectivity index (χ4n) is 3.57. The van der Waals surface area contributed by atoms with E-state index in [2.05, 4.69) is 20.1 Å². The number of alkyl halides is 3. The number of hydrogen-bond donors (Lipinski definition) is 0. The van der Waals surface area contributed by atoms with Crippen molar-refractivity contribution in [3.05, 3.63) is 83.3 Å². The second-order valence-electron chi connectivity index (χ2n) is 7.73. The number of nitrogens with zero attached hydrogens (tertiary/aromatic N) is 7. The van der Waals surface area contributed by atoms with Crippen LogP contribution in [-0.4, -0.2) is 47.9 Å². The first-order chi connectivity index (χ1) is 17.5. The average Bonchev–Trinajstić information content (AvgIpc) is 3.46. The second-order valence-corrected chi connectivity index (χ2v) is 9.98. The molecule has 5 aromatic rings. The quantitative estimate of drug-likeness (QED) is 0.319. The molecule has 0 bridgehead atoms. The van der Waals surface area contributed by atoms with Crippen LogP contribution in [0.2, 0.25) is 0 Å². The molecule has 0 aliphatic carbocycles. The van der Waals surface area contributed by atoms with Gasteiger partial charge in [0.2, 0.25) is 0 Å². The second kappa shape index (κ2) is 8.62. The van der Waals surface area contributed by atoms with Gasteiger partial charge in [-0.1, -0.05) is 19.1 Å². The van der Waals surface area contributed by atoms with E-state index in [9.17, 15) is 30.8 Å². The van der Waals surface area contributed by atoms with Crippen LogP contribution in [0.25, 0.3) is 28.5 Å². The molecule has 0 fully saturated rings. The third-order valence-corrected chi connectivity index (χ3v) is 7.20. The fraction of sp³-hybridized carbons (Fsp3) is 0.136. The van der Waals surface area contributed by atoms with Crippen molar-refractivity contribution in [2.75, 3.05) is 5.75 Å². The van der Waals surface area contributed by atoms with Gasteiger partial charge in [0.15, 0.2) is 9.84 Å². The van der Waals surface area contributed by atoms with E-state index in [1.54, 1.807) is 0 Å². The molecule has 190 valence electrons. The third kappa shape index (κ3) is 4.26. The number of hydrogen-bond acceptors (Lipinski definition) is 7. The van der Waals surface area contributed by atoms with Crippen molar-refractivity contribution in [3.8, 4) is 22.9 Å². The Balaban J connectivity index is 1.69. The zero-order valence-electron chi connectivity index (χ0n) is 18.8. The number of sulfone groups is 1. The summed E-state index contributed by atoms with van der Waals surface area (Å²) in [5, 5.41) is 3.91. The number of fused-ring (bicyclic) bond motifs is 1. The van der Waals surface area contributed by atoms with Crippen molar-refractivity contribution in [1.82, 2.24) is 33.7 Å². The highest BCUT2D eigenvalue weighted by Gasteiger charge is 2.33. The molecular formula is C22H15F4N7O3S. The summed E-state index contributed by atoms with van der Waals surface area (Å²) in [6.07, 6.45) is -1.45. The number of halogens is 4. The van der Waals surface area contributed by atoms with Crippen LogP contribution >= 0.6 is 0 Å². The van der Waals surface area contributed by atoms with E-state index in [0.717, 1.165) is 28.0 Å². The summed E-state index contributed by atoms with van der Waals surface area (Å²) < 4.78 is 82.0. The van der Waals surface area contributed by atoms with Crippen LogP contribution < -0.4 is 5.69 Å². The summed E-state index contributed by atoms with van der Waals surface area (Å²) in [6.45, 7) is 1.42. The lowest BCUT2D eigenvalue weighted by Crippen LogP contribution is -2.24. The van der Waals surface area contributed by atoms with Gasteiger partial charge in [0.25, 0.3) is 0 Å². The van der Waals surface area contributed by atoms with E-state index >= 15 is 0 Å². The zero-order valence-corrected chi connectivity index (χ0v) is 19.6. The van der Waals surface area contributed by atoms with Crippen LogP contribution in [0.5, 0.6) is 0 Å². The fourth-order valence-corrected chi connectivity index (χ4v) is 4.60. The van der Waals surface area contributed by atoms with Crippen LogP contribution in [-0.2, 0) is 16.0 Å². The van der Waals surface area contributed by atoms with Crippen molar-refractivity contribution in [1.29, 1.82) is 0 Å². The van der Waals surface area contributed by atoms with Gasteiger partial charge < -0.3 is 0 Å².